The summed E-state index contributed by atoms with van der Waals surface area (Å²) in [4.78, 5) is 14.0. The zero-order valence-electron chi connectivity index (χ0n) is 12.8. The SMILES string of the molecule is CCCCc1ccc(C(=O)N(C)CCCCCO)cc1. The first-order valence-corrected chi connectivity index (χ1v) is 7.64. The molecule has 0 fully saturated rings. The van der Waals surface area contributed by atoms with Gasteiger partial charge in [0.1, 0.15) is 0 Å². The van der Waals surface area contributed by atoms with Crippen LogP contribution in [0, 0.1) is 0 Å². The van der Waals surface area contributed by atoms with E-state index in [1.165, 1.54) is 18.4 Å². The number of unbranched alkanes of at least 4 members (excludes halogenated alkanes) is 3. The van der Waals surface area contributed by atoms with Crippen molar-refractivity contribution in [2.45, 2.75) is 45.4 Å². The van der Waals surface area contributed by atoms with Crippen molar-refractivity contribution in [2.75, 3.05) is 20.2 Å². The van der Waals surface area contributed by atoms with Crippen molar-refractivity contribution in [3.63, 3.8) is 0 Å². The van der Waals surface area contributed by atoms with E-state index in [1.807, 2.05) is 19.2 Å². The summed E-state index contributed by atoms with van der Waals surface area (Å²) < 4.78 is 0. The van der Waals surface area contributed by atoms with Crippen molar-refractivity contribution in [2.24, 2.45) is 0 Å². The summed E-state index contributed by atoms with van der Waals surface area (Å²) in [5, 5.41) is 8.73. The molecule has 0 aliphatic carbocycles. The molecule has 0 unspecified atom stereocenters. The molecule has 112 valence electrons. The predicted molar refractivity (Wildman–Crippen MR) is 83.0 cm³/mol. The summed E-state index contributed by atoms with van der Waals surface area (Å²) in [5.74, 6) is 0.0797. The molecule has 0 saturated carbocycles. The number of amides is 1. The van der Waals surface area contributed by atoms with Gasteiger partial charge in [-0.25, -0.2) is 0 Å². The molecular formula is C17H27NO2. The van der Waals surface area contributed by atoms with Gasteiger partial charge in [-0.05, 0) is 49.8 Å². The molecule has 0 radical (unpaired) electrons. The standard InChI is InChI=1S/C17H27NO2/c1-3-4-8-15-9-11-16(12-10-15)17(20)18(2)13-6-5-7-14-19/h9-12,19H,3-8,13-14H2,1-2H3. The fourth-order valence-corrected chi connectivity index (χ4v) is 2.15. The van der Waals surface area contributed by atoms with Crippen LogP contribution in [0.2, 0.25) is 0 Å². The first kappa shape index (κ1) is 16.7. The molecule has 0 aliphatic rings. The van der Waals surface area contributed by atoms with Crippen molar-refractivity contribution < 1.29 is 9.90 Å². The highest BCUT2D eigenvalue weighted by atomic mass is 16.2. The Morgan fingerprint density at radius 3 is 2.40 bits per heavy atom. The topological polar surface area (TPSA) is 40.5 Å². The Balaban J connectivity index is 2.45. The van der Waals surface area contributed by atoms with E-state index in [9.17, 15) is 4.79 Å². The number of aryl methyl sites for hydroxylation is 1. The van der Waals surface area contributed by atoms with Crippen LogP contribution in [0.25, 0.3) is 0 Å². The lowest BCUT2D eigenvalue weighted by atomic mass is 10.1. The minimum absolute atomic E-state index is 0.0797. The average Bonchev–Trinajstić information content (AvgIpc) is 2.49. The summed E-state index contributed by atoms with van der Waals surface area (Å²) in [5.41, 5.74) is 2.06. The van der Waals surface area contributed by atoms with Crippen LogP contribution in [-0.4, -0.2) is 36.1 Å². The Morgan fingerprint density at radius 1 is 1.10 bits per heavy atom. The van der Waals surface area contributed by atoms with Gasteiger partial charge < -0.3 is 10.0 Å². The monoisotopic (exact) mass is 277 g/mol. The second-order valence-corrected chi connectivity index (χ2v) is 5.31. The minimum atomic E-state index is 0.0797. The quantitative estimate of drug-likeness (QED) is 0.704. The molecular weight excluding hydrogens is 250 g/mol. The van der Waals surface area contributed by atoms with Crippen molar-refractivity contribution in [3.05, 3.63) is 35.4 Å². The fraction of sp³-hybridized carbons (Fsp3) is 0.588. The molecule has 3 nitrogen and oxygen atoms in total. The third-order valence-corrected chi connectivity index (χ3v) is 3.52. The third kappa shape index (κ3) is 5.74. The number of carbonyl (C=O) groups is 1. The average molecular weight is 277 g/mol. The number of hydrogen-bond donors (Lipinski definition) is 1. The second kappa shape index (κ2) is 9.54. The highest BCUT2D eigenvalue weighted by molar-refractivity contribution is 5.94. The van der Waals surface area contributed by atoms with E-state index in [0.717, 1.165) is 37.8 Å². The van der Waals surface area contributed by atoms with E-state index in [2.05, 4.69) is 19.1 Å². The van der Waals surface area contributed by atoms with E-state index in [0.29, 0.717) is 0 Å². The molecule has 3 heteroatoms. The predicted octanol–water partition coefficient (Wildman–Crippen LogP) is 3.26. The van der Waals surface area contributed by atoms with Crippen molar-refractivity contribution >= 4 is 5.91 Å². The van der Waals surface area contributed by atoms with Gasteiger partial charge in [-0.1, -0.05) is 25.5 Å². The van der Waals surface area contributed by atoms with E-state index >= 15 is 0 Å². The van der Waals surface area contributed by atoms with Gasteiger partial charge in [-0.15, -0.1) is 0 Å². The maximum Gasteiger partial charge on any atom is 0.253 e. The van der Waals surface area contributed by atoms with Crippen LogP contribution >= 0.6 is 0 Å². The van der Waals surface area contributed by atoms with Gasteiger partial charge in [0.25, 0.3) is 5.91 Å². The molecule has 0 saturated heterocycles. The van der Waals surface area contributed by atoms with Crippen LogP contribution in [0.3, 0.4) is 0 Å². The maximum atomic E-state index is 12.2. The summed E-state index contributed by atoms with van der Waals surface area (Å²) in [6.45, 7) is 3.16. The first-order valence-electron chi connectivity index (χ1n) is 7.64. The van der Waals surface area contributed by atoms with Crippen LogP contribution in [-0.2, 0) is 6.42 Å². The smallest absolute Gasteiger partial charge is 0.253 e. The highest BCUT2D eigenvalue weighted by Gasteiger charge is 2.10. The second-order valence-electron chi connectivity index (χ2n) is 5.31. The summed E-state index contributed by atoms with van der Waals surface area (Å²) in [6, 6.07) is 7.97. The Kier molecular flexibility index (Phi) is 7.97. The van der Waals surface area contributed by atoms with Gasteiger partial charge in [0.2, 0.25) is 0 Å². The highest BCUT2D eigenvalue weighted by Crippen LogP contribution is 2.10. The van der Waals surface area contributed by atoms with Crippen molar-refractivity contribution in [3.8, 4) is 0 Å². The Bertz CT molecular complexity index is 386. The maximum absolute atomic E-state index is 12.2. The van der Waals surface area contributed by atoms with Gasteiger partial charge in [-0.3, -0.25) is 4.79 Å². The van der Waals surface area contributed by atoms with Gasteiger partial charge in [0, 0.05) is 25.8 Å². The Labute approximate surface area is 122 Å². The van der Waals surface area contributed by atoms with E-state index < -0.39 is 0 Å². The normalized spacial score (nSPS) is 10.6. The molecule has 1 amide bonds. The number of benzene rings is 1. The van der Waals surface area contributed by atoms with Crippen molar-refractivity contribution in [1.29, 1.82) is 0 Å². The third-order valence-electron chi connectivity index (χ3n) is 3.52. The number of carbonyl (C=O) groups excluding carboxylic acids is 1. The number of rotatable bonds is 9. The molecule has 1 N–H and O–H groups in total. The first-order chi connectivity index (χ1) is 9.69. The number of aliphatic hydroxyl groups excluding tert-OH is 1. The molecule has 1 rings (SSSR count). The number of aliphatic hydroxyl groups is 1. The molecule has 1 aromatic carbocycles. The molecule has 0 aliphatic heterocycles. The molecule has 20 heavy (non-hydrogen) atoms. The summed E-state index contributed by atoms with van der Waals surface area (Å²) >= 11 is 0. The van der Waals surface area contributed by atoms with Crippen LogP contribution < -0.4 is 0 Å². The van der Waals surface area contributed by atoms with Crippen LogP contribution in [0.1, 0.15) is 54.9 Å². The summed E-state index contributed by atoms with van der Waals surface area (Å²) in [6.07, 6.45) is 6.19. The molecule has 0 heterocycles. The van der Waals surface area contributed by atoms with Crippen LogP contribution in [0.15, 0.2) is 24.3 Å². The fourth-order valence-electron chi connectivity index (χ4n) is 2.15. The molecule has 1 aromatic rings. The van der Waals surface area contributed by atoms with Gasteiger partial charge in [0.05, 0.1) is 0 Å². The van der Waals surface area contributed by atoms with E-state index in [-0.39, 0.29) is 12.5 Å². The molecule has 0 atom stereocenters. The zero-order valence-corrected chi connectivity index (χ0v) is 12.8. The lowest BCUT2D eigenvalue weighted by Crippen LogP contribution is -2.27. The number of hydrogen-bond acceptors (Lipinski definition) is 2. The Hall–Kier alpha value is -1.35. The lowest BCUT2D eigenvalue weighted by molar-refractivity contribution is 0.0792. The number of nitrogens with zero attached hydrogens (tertiary/aromatic N) is 1. The zero-order chi connectivity index (χ0) is 14.8. The molecule has 0 aromatic heterocycles. The summed E-state index contributed by atoms with van der Waals surface area (Å²) in [7, 11) is 1.84. The van der Waals surface area contributed by atoms with Gasteiger partial charge >= 0.3 is 0 Å². The lowest BCUT2D eigenvalue weighted by Gasteiger charge is -2.17. The Morgan fingerprint density at radius 2 is 1.80 bits per heavy atom. The van der Waals surface area contributed by atoms with Gasteiger partial charge in [-0.2, -0.15) is 0 Å². The minimum Gasteiger partial charge on any atom is -0.396 e. The molecule has 0 spiro atoms. The largest absolute Gasteiger partial charge is 0.396 e. The van der Waals surface area contributed by atoms with Gasteiger partial charge in [0.15, 0.2) is 0 Å². The van der Waals surface area contributed by atoms with Crippen molar-refractivity contribution in [1.82, 2.24) is 4.90 Å². The molecule has 0 bridgehead atoms. The van der Waals surface area contributed by atoms with Crippen LogP contribution in [0.4, 0.5) is 0 Å². The van der Waals surface area contributed by atoms with E-state index in [1.54, 1.807) is 4.90 Å². The van der Waals surface area contributed by atoms with E-state index in [4.69, 9.17) is 5.11 Å². The van der Waals surface area contributed by atoms with Crippen LogP contribution in [0.5, 0.6) is 0 Å².